The van der Waals surface area contributed by atoms with Crippen molar-refractivity contribution in [1.82, 2.24) is 5.32 Å². The fourth-order valence-electron chi connectivity index (χ4n) is 2.33. The SMILES string of the molecule is CC(C)C(=O)CNC(=O)C1C(C)(C)C1(C)C. The molecule has 0 aliphatic heterocycles. The Morgan fingerprint density at radius 2 is 1.56 bits per heavy atom. The maximum absolute atomic E-state index is 11.9. The molecule has 16 heavy (non-hydrogen) atoms. The van der Waals surface area contributed by atoms with Crippen LogP contribution in [-0.2, 0) is 9.59 Å². The average molecular weight is 225 g/mol. The number of carbonyl (C=O) groups excluding carboxylic acids is 2. The molecular weight excluding hydrogens is 202 g/mol. The van der Waals surface area contributed by atoms with E-state index in [9.17, 15) is 9.59 Å². The number of hydrogen-bond donors (Lipinski definition) is 1. The van der Waals surface area contributed by atoms with E-state index in [0.717, 1.165) is 0 Å². The van der Waals surface area contributed by atoms with Gasteiger partial charge in [-0.3, -0.25) is 9.59 Å². The van der Waals surface area contributed by atoms with E-state index in [-0.39, 0.29) is 40.9 Å². The summed E-state index contributed by atoms with van der Waals surface area (Å²) >= 11 is 0. The van der Waals surface area contributed by atoms with Gasteiger partial charge in [0.15, 0.2) is 5.78 Å². The first-order valence-corrected chi connectivity index (χ1v) is 5.92. The van der Waals surface area contributed by atoms with E-state index in [1.165, 1.54) is 0 Å². The summed E-state index contributed by atoms with van der Waals surface area (Å²) in [7, 11) is 0. The average Bonchev–Trinajstić information content (AvgIpc) is 2.53. The van der Waals surface area contributed by atoms with Gasteiger partial charge in [0.05, 0.1) is 6.54 Å². The van der Waals surface area contributed by atoms with Crippen molar-refractivity contribution in [2.45, 2.75) is 41.5 Å². The normalized spacial score (nSPS) is 21.9. The maximum Gasteiger partial charge on any atom is 0.224 e. The Morgan fingerprint density at radius 3 is 1.88 bits per heavy atom. The molecule has 0 aromatic heterocycles. The minimum atomic E-state index is -0.0134. The fourth-order valence-corrected chi connectivity index (χ4v) is 2.33. The molecule has 92 valence electrons. The van der Waals surface area contributed by atoms with Gasteiger partial charge in [0.25, 0.3) is 0 Å². The first kappa shape index (κ1) is 13.2. The Bertz CT molecular complexity index is 302. The maximum atomic E-state index is 11.9. The van der Waals surface area contributed by atoms with E-state index in [2.05, 4.69) is 33.0 Å². The Hall–Kier alpha value is -0.860. The summed E-state index contributed by atoms with van der Waals surface area (Å²) in [6, 6.07) is 0. The van der Waals surface area contributed by atoms with E-state index >= 15 is 0 Å². The third kappa shape index (κ3) is 2.00. The van der Waals surface area contributed by atoms with Gasteiger partial charge >= 0.3 is 0 Å². The topological polar surface area (TPSA) is 46.2 Å². The summed E-state index contributed by atoms with van der Waals surface area (Å²) in [5.74, 6) is 0.120. The van der Waals surface area contributed by atoms with Crippen molar-refractivity contribution in [1.29, 1.82) is 0 Å². The monoisotopic (exact) mass is 225 g/mol. The molecule has 0 unspecified atom stereocenters. The molecule has 1 rings (SSSR count). The number of hydrogen-bond acceptors (Lipinski definition) is 2. The van der Waals surface area contributed by atoms with Crippen LogP contribution in [0.25, 0.3) is 0 Å². The molecule has 3 nitrogen and oxygen atoms in total. The number of carbonyl (C=O) groups is 2. The van der Waals surface area contributed by atoms with Crippen LogP contribution >= 0.6 is 0 Å². The second-order valence-corrected chi connectivity index (χ2v) is 6.22. The predicted octanol–water partition coefficient (Wildman–Crippen LogP) is 2.01. The van der Waals surface area contributed by atoms with E-state index < -0.39 is 0 Å². The van der Waals surface area contributed by atoms with Crippen LogP contribution in [0.4, 0.5) is 0 Å². The standard InChI is InChI=1S/C13H23NO2/c1-8(2)9(15)7-14-11(16)10-12(3,4)13(10,5)6/h8,10H,7H2,1-6H3,(H,14,16). The van der Waals surface area contributed by atoms with E-state index in [4.69, 9.17) is 0 Å². The van der Waals surface area contributed by atoms with E-state index in [0.29, 0.717) is 0 Å². The highest BCUT2D eigenvalue weighted by Gasteiger charge is 2.68. The Kier molecular flexibility index (Phi) is 3.19. The van der Waals surface area contributed by atoms with Gasteiger partial charge in [-0.2, -0.15) is 0 Å². The molecule has 0 aromatic carbocycles. The quantitative estimate of drug-likeness (QED) is 0.795. The third-order valence-electron chi connectivity index (χ3n) is 4.36. The van der Waals surface area contributed by atoms with Gasteiger partial charge < -0.3 is 5.32 Å². The van der Waals surface area contributed by atoms with Gasteiger partial charge in [0.2, 0.25) is 5.91 Å². The number of Topliss-reactive ketones (excluding diaryl/α,β-unsaturated/α-hetero) is 1. The Balaban J connectivity index is 2.48. The summed E-state index contributed by atoms with van der Waals surface area (Å²) in [6.45, 7) is 12.3. The smallest absolute Gasteiger partial charge is 0.224 e. The van der Waals surface area contributed by atoms with Crippen molar-refractivity contribution in [2.24, 2.45) is 22.7 Å². The van der Waals surface area contributed by atoms with Crippen LogP contribution < -0.4 is 5.32 Å². The Morgan fingerprint density at radius 1 is 1.12 bits per heavy atom. The van der Waals surface area contributed by atoms with Gasteiger partial charge in [-0.05, 0) is 10.8 Å². The Labute approximate surface area is 98.0 Å². The van der Waals surface area contributed by atoms with Crippen molar-refractivity contribution in [2.75, 3.05) is 6.54 Å². The van der Waals surface area contributed by atoms with Crippen molar-refractivity contribution in [3.05, 3.63) is 0 Å². The summed E-state index contributed by atoms with van der Waals surface area (Å²) in [5, 5.41) is 2.75. The number of ketones is 1. The van der Waals surface area contributed by atoms with Gasteiger partial charge in [0.1, 0.15) is 0 Å². The molecule has 0 spiro atoms. The highest BCUT2D eigenvalue weighted by atomic mass is 16.2. The van der Waals surface area contributed by atoms with Crippen molar-refractivity contribution in [3.8, 4) is 0 Å². The zero-order chi connectivity index (χ0) is 12.7. The molecule has 1 N–H and O–H groups in total. The van der Waals surface area contributed by atoms with Crippen molar-refractivity contribution >= 4 is 11.7 Å². The lowest BCUT2D eigenvalue weighted by Gasteiger charge is -2.07. The predicted molar refractivity (Wildman–Crippen MR) is 63.9 cm³/mol. The lowest BCUT2D eigenvalue weighted by atomic mass is 10.0. The summed E-state index contributed by atoms with van der Waals surface area (Å²) in [4.78, 5) is 23.3. The summed E-state index contributed by atoms with van der Waals surface area (Å²) < 4.78 is 0. The molecule has 1 fully saturated rings. The van der Waals surface area contributed by atoms with Gasteiger partial charge in [-0.1, -0.05) is 41.5 Å². The minimum Gasteiger partial charge on any atom is -0.349 e. The van der Waals surface area contributed by atoms with Crippen LogP contribution in [0, 0.1) is 22.7 Å². The van der Waals surface area contributed by atoms with Crippen LogP contribution in [0.2, 0.25) is 0 Å². The van der Waals surface area contributed by atoms with Crippen LogP contribution in [0.1, 0.15) is 41.5 Å². The fraction of sp³-hybridized carbons (Fsp3) is 0.846. The van der Waals surface area contributed by atoms with Crippen LogP contribution in [-0.4, -0.2) is 18.2 Å². The molecule has 1 aliphatic carbocycles. The van der Waals surface area contributed by atoms with Crippen LogP contribution in [0.5, 0.6) is 0 Å². The molecular formula is C13H23NO2. The molecule has 1 saturated carbocycles. The van der Waals surface area contributed by atoms with E-state index in [1.807, 2.05) is 13.8 Å². The molecule has 0 atom stereocenters. The van der Waals surface area contributed by atoms with Crippen LogP contribution in [0.3, 0.4) is 0 Å². The molecule has 1 aliphatic rings. The number of nitrogens with one attached hydrogen (secondary N) is 1. The minimum absolute atomic E-state index is 0.0134. The van der Waals surface area contributed by atoms with Gasteiger partial charge in [-0.25, -0.2) is 0 Å². The number of amides is 1. The lowest BCUT2D eigenvalue weighted by Crippen LogP contribution is -2.33. The van der Waals surface area contributed by atoms with Crippen molar-refractivity contribution in [3.63, 3.8) is 0 Å². The van der Waals surface area contributed by atoms with Crippen molar-refractivity contribution < 1.29 is 9.59 Å². The largest absolute Gasteiger partial charge is 0.349 e. The second kappa shape index (κ2) is 3.86. The van der Waals surface area contributed by atoms with Gasteiger partial charge in [0, 0.05) is 11.8 Å². The lowest BCUT2D eigenvalue weighted by molar-refractivity contribution is -0.127. The first-order chi connectivity index (χ1) is 7.12. The zero-order valence-corrected chi connectivity index (χ0v) is 11.2. The van der Waals surface area contributed by atoms with E-state index in [1.54, 1.807) is 0 Å². The summed E-state index contributed by atoms with van der Waals surface area (Å²) in [5.41, 5.74) is 0.0793. The molecule has 0 aromatic rings. The number of rotatable bonds is 4. The molecule has 0 radical (unpaired) electrons. The molecule has 3 heteroatoms. The third-order valence-corrected chi connectivity index (χ3v) is 4.36. The molecule has 0 bridgehead atoms. The zero-order valence-electron chi connectivity index (χ0n) is 11.2. The first-order valence-electron chi connectivity index (χ1n) is 5.92. The molecule has 1 amide bonds. The second-order valence-electron chi connectivity index (χ2n) is 6.22. The van der Waals surface area contributed by atoms with Gasteiger partial charge in [-0.15, -0.1) is 0 Å². The van der Waals surface area contributed by atoms with Crippen LogP contribution in [0.15, 0.2) is 0 Å². The highest BCUT2D eigenvalue weighted by Crippen LogP contribution is 2.68. The highest BCUT2D eigenvalue weighted by molar-refractivity contribution is 5.90. The summed E-state index contributed by atoms with van der Waals surface area (Å²) in [6.07, 6.45) is 0. The molecule has 0 heterocycles. The molecule has 0 saturated heterocycles.